The van der Waals surface area contributed by atoms with Gasteiger partial charge in [0.25, 0.3) is 0 Å². The van der Waals surface area contributed by atoms with Crippen LogP contribution >= 0.6 is 0 Å². The van der Waals surface area contributed by atoms with Crippen molar-refractivity contribution in [2.75, 3.05) is 7.05 Å². The molecule has 0 saturated carbocycles. The Balaban J connectivity index is 2.04. The topological polar surface area (TPSA) is 86.8 Å². The van der Waals surface area contributed by atoms with Gasteiger partial charge in [-0.05, 0) is 19.8 Å². The molecule has 0 spiro atoms. The minimum absolute atomic E-state index is 0.0740. The summed E-state index contributed by atoms with van der Waals surface area (Å²) in [5.41, 5.74) is 0. The molecule has 0 bridgehead atoms. The molecule has 3 atom stereocenters. The van der Waals surface area contributed by atoms with Crippen molar-refractivity contribution < 1.29 is 19.2 Å². The van der Waals surface area contributed by atoms with Gasteiger partial charge in [0.15, 0.2) is 0 Å². The first-order valence-electron chi connectivity index (χ1n) is 7.29. The van der Waals surface area contributed by atoms with Crippen LogP contribution in [0.15, 0.2) is 0 Å². The summed E-state index contributed by atoms with van der Waals surface area (Å²) in [6.07, 6.45) is 1.40. The number of hydrogen-bond acceptors (Lipinski definition) is 5. The molecule has 2 rings (SSSR count). The van der Waals surface area contributed by atoms with Gasteiger partial charge < -0.3 is 0 Å². The fourth-order valence-electron chi connectivity index (χ4n) is 2.74. The zero-order chi connectivity index (χ0) is 15.7. The highest BCUT2D eigenvalue weighted by Gasteiger charge is 2.43. The van der Waals surface area contributed by atoms with Crippen LogP contribution in [0.2, 0.25) is 0 Å². The molecule has 116 valence electrons. The lowest BCUT2D eigenvalue weighted by Gasteiger charge is -2.30. The summed E-state index contributed by atoms with van der Waals surface area (Å²) >= 11 is 0. The number of carbonyl (C=O) groups is 4. The van der Waals surface area contributed by atoms with Crippen molar-refractivity contribution in [3.63, 3.8) is 0 Å². The Hall–Kier alpha value is -1.76. The van der Waals surface area contributed by atoms with E-state index >= 15 is 0 Å². The molecule has 0 aromatic heterocycles. The highest BCUT2D eigenvalue weighted by atomic mass is 16.2. The summed E-state index contributed by atoms with van der Waals surface area (Å²) in [4.78, 5) is 50.0. The maximum Gasteiger partial charge on any atom is 0.247 e. The summed E-state index contributed by atoms with van der Waals surface area (Å²) in [6.45, 7) is 3.74. The zero-order valence-electron chi connectivity index (χ0n) is 12.6. The van der Waals surface area contributed by atoms with Crippen molar-refractivity contribution in [3.05, 3.63) is 0 Å². The number of carbonyl (C=O) groups excluding carboxylic acids is 4. The van der Waals surface area contributed by atoms with Crippen molar-refractivity contribution in [1.82, 2.24) is 15.1 Å². The number of hydrogen-bond donors (Lipinski definition) is 1. The normalized spacial score (nSPS) is 28.5. The van der Waals surface area contributed by atoms with E-state index in [4.69, 9.17) is 0 Å². The number of nitrogens with zero attached hydrogens (tertiary/aromatic N) is 2. The van der Waals surface area contributed by atoms with Crippen LogP contribution < -0.4 is 5.32 Å². The van der Waals surface area contributed by atoms with Gasteiger partial charge in [0.05, 0.1) is 18.5 Å². The van der Waals surface area contributed by atoms with Crippen LogP contribution in [0.5, 0.6) is 0 Å². The Morgan fingerprint density at radius 1 is 1.14 bits per heavy atom. The minimum Gasteiger partial charge on any atom is -0.294 e. The molecule has 4 amide bonds. The summed E-state index contributed by atoms with van der Waals surface area (Å²) in [7, 11) is 1.44. The van der Waals surface area contributed by atoms with Crippen molar-refractivity contribution in [3.8, 4) is 0 Å². The molecule has 2 aliphatic rings. The first-order chi connectivity index (χ1) is 9.86. The van der Waals surface area contributed by atoms with Crippen molar-refractivity contribution in [2.24, 2.45) is 0 Å². The Bertz CT molecular complexity index is 491. The third-order valence-electron chi connectivity index (χ3n) is 4.27. The van der Waals surface area contributed by atoms with Gasteiger partial charge in [-0.3, -0.25) is 34.3 Å². The van der Waals surface area contributed by atoms with Gasteiger partial charge in [-0.15, -0.1) is 0 Å². The third kappa shape index (κ3) is 2.83. The van der Waals surface area contributed by atoms with Crippen LogP contribution in [-0.2, 0) is 19.2 Å². The average Bonchev–Trinajstić information content (AvgIpc) is 2.73. The highest BCUT2D eigenvalue weighted by molar-refractivity contribution is 6.06. The molecule has 2 fully saturated rings. The molecule has 1 N–H and O–H groups in total. The monoisotopic (exact) mass is 295 g/mol. The Morgan fingerprint density at radius 3 is 2.43 bits per heavy atom. The van der Waals surface area contributed by atoms with Crippen LogP contribution in [0.4, 0.5) is 0 Å². The Kier molecular flexibility index (Phi) is 4.41. The fourth-order valence-corrected chi connectivity index (χ4v) is 2.74. The second kappa shape index (κ2) is 5.93. The fraction of sp³-hybridized carbons (Fsp3) is 0.714. The van der Waals surface area contributed by atoms with Gasteiger partial charge in [0.1, 0.15) is 0 Å². The maximum absolute atomic E-state index is 12.3. The molecule has 0 aromatic carbocycles. The van der Waals surface area contributed by atoms with E-state index in [1.807, 2.05) is 13.8 Å². The van der Waals surface area contributed by atoms with Gasteiger partial charge in [-0.1, -0.05) is 6.92 Å². The lowest BCUT2D eigenvalue weighted by Crippen LogP contribution is -2.55. The molecule has 0 aromatic rings. The highest BCUT2D eigenvalue weighted by Crippen LogP contribution is 2.20. The van der Waals surface area contributed by atoms with E-state index in [0.717, 1.165) is 4.90 Å². The predicted octanol–water partition coefficient (Wildman–Crippen LogP) is -0.351. The van der Waals surface area contributed by atoms with Gasteiger partial charge >= 0.3 is 0 Å². The summed E-state index contributed by atoms with van der Waals surface area (Å²) in [5.74, 6) is -1.04. The first kappa shape index (κ1) is 15.6. The molecule has 7 heteroatoms. The minimum atomic E-state index is -0.665. The van der Waals surface area contributed by atoms with E-state index in [9.17, 15) is 19.2 Å². The molecular weight excluding hydrogens is 274 g/mol. The molecular formula is C14H21N3O4. The molecule has 2 saturated heterocycles. The Labute approximate surface area is 123 Å². The SMILES string of the molecule is CCC(C)N1C(=O)CC(NC2CCC(=O)N(C)C2=O)C1=O. The third-order valence-corrected chi connectivity index (χ3v) is 4.27. The molecule has 0 radical (unpaired) electrons. The van der Waals surface area contributed by atoms with E-state index in [0.29, 0.717) is 12.8 Å². The van der Waals surface area contributed by atoms with Crippen LogP contribution in [0.1, 0.15) is 39.5 Å². The largest absolute Gasteiger partial charge is 0.294 e. The van der Waals surface area contributed by atoms with Gasteiger partial charge in [0, 0.05) is 19.5 Å². The molecule has 2 aliphatic heterocycles. The first-order valence-corrected chi connectivity index (χ1v) is 7.29. The van der Waals surface area contributed by atoms with Crippen LogP contribution in [-0.4, -0.2) is 58.6 Å². The standard InChI is InChI=1S/C14H21N3O4/c1-4-8(2)17-12(19)7-10(14(17)21)15-9-5-6-11(18)16(3)13(9)20/h8-10,15H,4-7H2,1-3H3. The zero-order valence-corrected chi connectivity index (χ0v) is 12.6. The van der Waals surface area contributed by atoms with Crippen LogP contribution in [0.3, 0.4) is 0 Å². The molecule has 0 aliphatic carbocycles. The van der Waals surface area contributed by atoms with Crippen molar-refractivity contribution >= 4 is 23.6 Å². The van der Waals surface area contributed by atoms with E-state index in [-0.39, 0.29) is 42.5 Å². The van der Waals surface area contributed by atoms with E-state index < -0.39 is 12.1 Å². The summed E-state index contributed by atoms with van der Waals surface area (Å²) in [5, 5.41) is 2.95. The van der Waals surface area contributed by atoms with E-state index in [1.165, 1.54) is 11.9 Å². The van der Waals surface area contributed by atoms with Crippen LogP contribution in [0, 0.1) is 0 Å². The summed E-state index contributed by atoms with van der Waals surface area (Å²) < 4.78 is 0. The van der Waals surface area contributed by atoms with Gasteiger partial charge in [-0.25, -0.2) is 0 Å². The number of likely N-dealkylation sites (tertiary alicyclic amines) is 2. The lowest BCUT2D eigenvalue weighted by atomic mass is 10.0. The van der Waals surface area contributed by atoms with Crippen LogP contribution in [0.25, 0.3) is 0 Å². The quantitative estimate of drug-likeness (QED) is 0.716. The number of nitrogens with one attached hydrogen (secondary N) is 1. The number of likely N-dealkylation sites (N-methyl/N-ethyl adjacent to an activating group) is 1. The van der Waals surface area contributed by atoms with E-state index in [1.54, 1.807) is 0 Å². The predicted molar refractivity (Wildman–Crippen MR) is 73.9 cm³/mol. The number of rotatable bonds is 4. The number of piperidine rings is 1. The van der Waals surface area contributed by atoms with Crippen molar-refractivity contribution in [1.29, 1.82) is 0 Å². The maximum atomic E-state index is 12.3. The molecule has 21 heavy (non-hydrogen) atoms. The van der Waals surface area contributed by atoms with Crippen molar-refractivity contribution in [2.45, 2.75) is 57.7 Å². The second-order valence-corrected chi connectivity index (χ2v) is 5.66. The smallest absolute Gasteiger partial charge is 0.247 e. The van der Waals surface area contributed by atoms with E-state index in [2.05, 4.69) is 5.32 Å². The Morgan fingerprint density at radius 2 is 1.81 bits per heavy atom. The molecule has 7 nitrogen and oxygen atoms in total. The molecule has 2 heterocycles. The second-order valence-electron chi connectivity index (χ2n) is 5.66. The molecule has 3 unspecified atom stereocenters. The summed E-state index contributed by atoms with van der Waals surface area (Å²) in [6, 6.07) is -1.38. The number of imide groups is 2. The number of amides is 4. The van der Waals surface area contributed by atoms with Gasteiger partial charge in [0.2, 0.25) is 23.6 Å². The van der Waals surface area contributed by atoms with Gasteiger partial charge in [-0.2, -0.15) is 0 Å². The average molecular weight is 295 g/mol. The lowest BCUT2D eigenvalue weighted by molar-refractivity contribution is -0.148.